The molecule has 172 valence electrons. The summed E-state index contributed by atoms with van der Waals surface area (Å²) in [5.41, 5.74) is 3.47. The molecule has 0 spiro atoms. The van der Waals surface area contributed by atoms with Crippen LogP contribution >= 0.6 is 11.6 Å². The Morgan fingerprint density at radius 2 is 1.75 bits per heavy atom. The van der Waals surface area contributed by atoms with Crippen molar-refractivity contribution >= 4 is 34.8 Å². The Bertz CT molecular complexity index is 907. The number of carbonyl (C=O) groups excluding carboxylic acids is 2. The first-order valence-electron chi connectivity index (χ1n) is 11.5. The van der Waals surface area contributed by atoms with Gasteiger partial charge in [-0.05, 0) is 61.8 Å². The standard InChI is InChI=1S/C26H34ClN3O2/c1-18(2)17-28-26(32)23-16-22(29-25(31)19(3)27)9-10-24(23)30-13-11-21(12-14-30)15-20-7-5-4-6-8-20/h4-10,16,18-19,21H,11-15,17H2,1-3H3,(H,28,32)(H,29,31)/t19-/m1/s1. The first-order chi connectivity index (χ1) is 15.3. The molecular weight excluding hydrogens is 422 g/mol. The van der Waals surface area contributed by atoms with E-state index in [-0.39, 0.29) is 11.8 Å². The van der Waals surface area contributed by atoms with Gasteiger partial charge in [0, 0.05) is 31.0 Å². The number of alkyl halides is 1. The van der Waals surface area contributed by atoms with E-state index < -0.39 is 5.38 Å². The molecule has 0 aliphatic carbocycles. The van der Waals surface area contributed by atoms with Crippen LogP contribution < -0.4 is 15.5 Å². The van der Waals surface area contributed by atoms with Crippen molar-refractivity contribution in [2.45, 2.75) is 45.4 Å². The van der Waals surface area contributed by atoms with Crippen molar-refractivity contribution in [1.29, 1.82) is 0 Å². The van der Waals surface area contributed by atoms with Gasteiger partial charge < -0.3 is 15.5 Å². The van der Waals surface area contributed by atoms with Gasteiger partial charge in [-0.1, -0.05) is 44.2 Å². The molecule has 2 amide bonds. The van der Waals surface area contributed by atoms with Gasteiger partial charge in [0.25, 0.3) is 5.91 Å². The number of rotatable bonds is 8. The topological polar surface area (TPSA) is 61.4 Å². The molecule has 1 aliphatic heterocycles. The fourth-order valence-corrected chi connectivity index (χ4v) is 4.09. The van der Waals surface area contributed by atoms with E-state index in [4.69, 9.17) is 11.6 Å². The van der Waals surface area contributed by atoms with Crippen LogP contribution in [0.4, 0.5) is 11.4 Å². The lowest BCUT2D eigenvalue weighted by atomic mass is 9.89. The summed E-state index contributed by atoms with van der Waals surface area (Å²) in [4.78, 5) is 27.3. The lowest BCUT2D eigenvalue weighted by Crippen LogP contribution is -2.36. The highest BCUT2D eigenvalue weighted by Gasteiger charge is 2.24. The van der Waals surface area contributed by atoms with Crippen molar-refractivity contribution in [3.8, 4) is 0 Å². The molecule has 1 saturated heterocycles. The van der Waals surface area contributed by atoms with E-state index in [1.165, 1.54) is 5.56 Å². The van der Waals surface area contributed by atoms with Gasteiger partial charge in [0.2, 0.25) is 5.91 Å². The Morgan fingerprint density at radius 1 is 1.06 bits per heavy atom. The number of hydrogen-bond acceptors (Lipinski definition) is 3. The number of halogens is 1. The van der Waals surface area contributed by atoms with Crippen LogP contribution in [0.25, 0.3) is 0 Å². The fourth-order valence-electron chi connectivity index (χ4n) is 4.03. The van der Waals surface area contributed by atoms with E-state index in [9.17, 15) is 9.59 Å². The molecule has 2 aromatic rings. The van der Waals surface area contributed by atoms with Crippen LogP contribution in [0.3, 0.4) is 0 Å². The molecule has 2 N–H and O–H groups in total. The molecule has 0 saturated carbocycles. The van der Waals surface area contributed by atoms with E-state index in [0.29, 0.717) is 29.6 Å². The Kier molecular flexibility index (Phi) is 8.57. The highest BCUT2D eigenvalue weighted by atomic mass is 35.5. The van der Waals surface area contributed by atoms with Gasteiger partial charge in [-0.2, -0.15) is 0 Å². The molecule has 0 unspecified atom stereocenters. The number of nitrogens with zero attached hydrogens (tertiary/aromatic N) is 1. The van der Waals surface area contributed by atoms with Gasteiger partial charge in [0.15, 0.2) is 0 Å². The van der Waals surface area contributed by atoms with Gasteiger partial charge in [0.05, 0.1) is 5.56 Å². The number of hydrogen-bond donors (Lipinski definition) is 2. The summed E-state index contributed by atoms with van der Waals surface area (Å²) in [6, 6.07) is 16.2. The number of benzene rings is 2. The molecule has 1 heterocycles. The van der Waals surface area contributed by atoms with E-state index >= 15 is 0 Å². The minimum absolute atomic E-state index is 0.116. The molecule has 32 heavy (non-hydrogen) atoms. The lowest BCUT2D eigenvalue weighted by Gasteiger charge is -2.35. The SMILES string of the molecule is CC(C)CNC(=O)c1cc(NC(=O)[C@@H](C)Cl)ccc1N1CCC(Cc2ccccc2)CC1. The van der Waals surface area contributed by atoms with Crippen LogP contribution in [-0.4, -0.2) is 36.8 Å². The fraction of sp³-hybridized carbons (Fsp3) is 0.462. The number of amides is 2. The van der Waals surface area contributed by atoms with E-state index in [1.54, 1.807) is 13.0 Å². The summed E-state index contributed by atoms with van der Waals surface area (Å²) in [7, 11) is 0. The monoisotopic (exact) mass is 455 g/mol. The molecule has 3 rings (SSSR count). The second-order valence-corrected chi connectivity index (χ2v) is 9.72. The molecule has 2 aromatic carbocycles. The quantitative estimate of drug-likeness (QED) is 0.544. The second kappa shape index (κ2) is 11.4. The summed E-state index contributed by atoms with van der Waals surface area (Å²) < 4.78 is 0. The van der Waals surface area contributed by atoms with Gasteiger partial charge >= 0.3 is 0 Å². The zero-order valence-electron chi connectivity index (χ0n) is 19.2. The highest BCUT2D eigenvalue weighted by Crippen LogP contribution is 2.30. The van der Waals surface area contributed by atoms with Crippen LogP contribution in [-0.2, 0) is 11.2 Å². The summed E-state index contributed by atoms with van der Waals surface area (Å²) in [6.07, 6.45) is 3.27. The summed E-state index contributed by atoms with van der Waals surface area (Å²) in [5, 5.41) is 5.17. The van der Waals surface area contributed by atoms with Gasteiger partial charge in [-0.25, -0.2) is 0 Å². The zero-order chi connectivity index (χ0) is 23.1. The third-order valence-electron chi connectivity index (χ3n) is 5.86. The number of anilines is 2. The molecule has 5 nitrogen and oxygen atoms in total. The van der Waals surface area contributed by atoms with Gasteiger partial charge in [-0.3, -0.25) is 9.59 Å². The van der Waals surface area contributed by atoms with Crippen molar-refractivity contribution in [1.82, 2.24) is 5.32 Å². The van der Waals surface area contributed by atoms with E-state index in [1.807, 2.05) is 12.1 Å². The molecular formula is C26H34ClN3O2. The Morgan fingerprint density at radius 3 is 2.38 bits per heavy atom. The maximum absolute atomic E-state index is 13.0. The normalized spacial score (nSPS) is 15.5. The Hall–Kier alpha value is -2.53. The third-order valence-corrected chi connectivity index (χ3v) is 6.06. The van der Waals surface area contributed by atoms with Crippen molar-refractivity contribution in [3.05, 3.63) is 59.7 Å². The Balaban J connectivity index is 1.74. The van der Waals surface area contributed by atoms with Crippen LogP contribution in [0.5, 0.6) is 0 Å². The smallest absolute Gasteiger partial charge is 0.253 e. The minimum Gasteiger partial charge on any atom is -0.371 e. The first kappa shape index (κ1) is 24.1. The minimum atomic E-state index is -0.642. The van der Waals surface area contributed by atoms with Crippen molar-refractivity contribution in [2.75, 3.05) is 29.9 Å². The van der Waals surface area contributed by atoms with Crippen molar-refractivity contribution in [2.24, 2.45) is 11.8 Å². The largest absolute Gasteiger partial charge is 0.371 e. The molecule has 1 atom stereocenters. The summed E-state index contributed by atoms with van der Waals surface area (Å²) in [6.45, 7) is 8.18. The average Bonchev–Trinajstić information content (AvgIpc) is 2.78. The van der Waals surface area contributed by atoms with E-state index in [0.717, 1.165) is 38.0 Å². The maximum Gasteiger partial charge on any atom is 0.253 e. The van der Waals surface area contributed by atoms with Crippen molar-refractivity contribution < 1.29 is 9.59 Å². The number of piperidine rings is 1. The summed E-state index contributed by atoms with van der Waals surface area (Å²) >= 11 is 5.89. The highest BCUT2D eigenvalue weighted by molar-refractivity contribution is 6.32. The van der Waals surface area contributed by atoms with Crippen LogP contribution in [0.15, 0.2) is 48.5 Å². The molecule has 1 fully saturated rings. The van der Waals surface area contributed by atoms with Gasteiger partial charge in [0.1, 0.15) is 5.38 Å². The average molecular weight is 456 g/mol. The van der Waals surface area contributed by atoms with Crippen LogP contribution in [0, 0.1) is 11.8 Å². The second-order valence-electron chi connectivity index (χ2n) is 9.06. The number of nitrogens with one attached hydrogen (secondary N) is 2. The van der Waals surface area contributed by atoms with Crippen LogP contribution in [0.1, 0.15) is 49.5 Å². The lowest BCUT2D eigenvalue weighted by molar-refractivity contribution is -0.115. The zero-order valence-corrected chi connectivity index (χ0v) is 20.0. The first-order valence-corrected chi connectivity index (χ1v) is 11.9. The Labute approximate surface area is 196 Å². The molecule has 6 heteroatoms. The molecule has 0 bridgehead atoms. The maximum atomic E-state index is 13.0. The van der Waals surface area contributed by atoms with Crippen molar-refractivity contribution in [3.63, 3.8) is 0 Å². The molecule has 0 aromatic heterocycles. The predicted octanol–water partition coefficient (Wildman–Crippen LogP) is 5.10. The van der Waals surface area contributed by atoms with E-state index in [2.05, 4.69) is 59.7 Å². The van der Waals surface area contributed by atoms with Gasteiger partial charge in [-0.15, -0.1) is 11.6 Å². The predicted molar refractivity (Wildman–Crippen MR) is 133 cm³/mol. The summed E-state index contributed by atoms with van der Waals surface area (Å²) in [5.74, 6) is 0.608. The third kappa shape index (κ3) is 6.73. The molecule has 1 aliphatic rings. The molecule has 0 radical (unpaired) electrons. The number of carbonyl (C=O) groups is 2. The van der Waals surface area contributed by atoms with Crippen LogP contribution in [0.2, 0.25) is 0 Å².